The third kappa shape index (κ3) is 2.92. The Morgan fingerprint density at radius 1 is 1.44 bits per heavy atom. The molecule has 0 unspecified atom stereocenters. The van der Waals surface area contributed by atoms with Crippen LogP contribution in [0.3, 0.4) is 0 Å². The quantitative estimate of drug-likeness (QED) is 0.777. The molecule has 0 N–H and O–H groups in total. The monoisotopic (exact) mass is 262 g/mol. The summed E-state index contributed by atoms with van der Waals surface area (Å²) in [6.45, 7) is 3.99. The lowest BCUT2D eigenvalue weighted by atomic mass is 10.2. The first-order valence-corrected chi connectivity index (χ1v) is 6.54. The topological polar surface area (TPSA) is 52.1 Å². The van der Waals surface area contributed by atoms with Gasteiger partial charge in [-0.2, -0.15) is 0 Å². The fraction of sp³-hybridized carbons (Fsp3) is 0.308. The summed E-state index contributed by atoms with van der Waals surface area (Å²) in [6, 6.07) is 3.46. The van der Waals surface area contributed by atoms with E-state index in [0.717, 1.165) is 12.1 Å². The number of carbonyl (C=O) groups excluding carboxylic acids is 1. The second kappa shape index (κ2) is 5.73. The Labute approximate surface area is 110 Å². The molecular formula is C13H14N2O2S. The van der Waals surface area contributed by atoms with Crippen molar-refractivity contribution in [3.8, 4) is 5.88 Å². The average Bonchev–Trinajstić information content (AvgIpc) is 2.76. The second-order valence-corrected chi connectivity index (χ2v) is 4.81. The summed E-state index contributed by atoms with van der Waals surface area (Å²) in [5.74, 6) is 0.374. The van der Waals surface area contributed by atoms with Crippen molar-refractivity contribution in [1.82, 2.24) is 9.97 Å². The van der Waals surface area contributed by atoms with Gasteiger partial charge in [0.2, 0.25) is 5.88 Å². The number of rotatable bonds is 5. The molecule has 0 atom stereocenters. The maximum absolute atomic E-state index is 11.4. The molecule has 0 spiro atoms. The maximum Gasteiger partial charge on any atom is 0.224 e. The second-order valence-electron chi connectivity index (χ2n) is 3.87. The van der Waals surface area contributed by atoms with Crippen molar-refractivity contribution in [1.29, 1.82) is 0 Å². The van der Waals surface area contributed by atoms with E-state index in [0.29, 0.717) is 18.1 Å². The van der Waals surface area contributed by atoms with E-state index in [-0.39, 0.29) is 5.78 Å². The fourth-order valence-corrected chi connectivity index (χ4v) is 2.34. The molecule has 94 valence electrons. The number of aromatic nitrogens is 2. The summed E-state index contributed by atoms with van der Waals surface area (Å²) in [5.41, 5.74) is 3.39. The number of thiazole rings is 1. The third-order valence-electron chi connectivity index (χ3n) is 2.56. The van der Waals surface area contributed by atoms with Crippen LogP contribution in [0.1, 0.15) is 27.9 Å². The van der Waals surface area contributed by atoms with Crippen LogP contribution in [0.2, 0.25) is 0 Å². The van der Waals surface area contributed by atoms with Crippen LogP contribution in [0, 0.1) is 6.92 Å². The van der Waals surface area contributed by atoms with Crippen LogP contribution in [-0.2, 0) is 6.42 Å². The lowest BCUT2D eigenvalue weighted by molar-refractivity contribution is 0.101. The summed E-state index contributed by atoms with van der Waals surface area (Å²) in [5, 5.41) is 0. The Bertz CT molecular complexity index is 551. The first-order chi connectivity index (χ1) is 8.68. The third-order valence-corrected chi connectivity index (χ3v) is 3.56. The normalized spacial score (nSPS) is 10.3. The molecule has 0 bridgehead atoms. The van der Waals surface area contributed by atoms with Gasteiger partial charge in [0.05, 0.1) is 23.4 Å². The molecule has 0 radical (unpaired) electrons. The lowest BCUT2D eigenvalue weighted by Crippen LogP contribution is -2.06. The Balaban J connectivity index is 1.99. The zero-order chi connectivity index (χ0) is 13.0. The van der Waals surface area contributed by atoms with Gasteiger partial charge in [-0.05, 0) is 26.0 Å². The average molecular weight is 262 g/mol. The minimum absolute atomic E-state index is 0.0351. The number of ketones is 1. The molecule has 2 aromatic heterocycles. The molecule has 2 aromatic rings. The zero-order valence-electron chi connectivity index (χ0n) is 10.3. The minimum Gasteiger partial charge on any atom is -0.477 e. The standard InChI is InChI=1S/C13H14N2O2S/c1-9-12(18-8-15-9)5-7-17-13-11(10(2)16)4-3-6-14-13/h3-4,6,8H,5,7H2,1-2H3. The van der Waals surface area contributed by atoms with Crippen LogP contribution >= 0.6 is 11.3 Å². The smallest absolute Gasteiger partial charge is 0.224 e. The van der Waals surface area contributed by atoms with E-state index in [1.165, 1.54) is 11.8 Å². The molecule has 2 heterocycles. The van der Waals surface area contributed by atoms with Crippen molar-refractivity contribution < 1.29 is 9.53 Å². The summed E-state index contributed by atoms with van der Waals surface area (Å²) < 4.78 is 5.57. The molecule has 0 aromatic carbocycles. The van der Waals surface area contributed by atoms with Crippen molar-refractivity contribution in [2.45, 2.75) is 20.3 Å². The Morgan fingerprint density at radius 3 is 2.94 bits per heavy atom. The van der Waals surface area contributed by atoms with E-state index in [1.807, 2.05) is 12.4 Å². The van der Waals surface area contributed by atoms with E-state index in [4.69, 9.17) is 4.74 Å². The highest BCUT2D eigenvalue weighted by molar-refractivity contribution is 7.09. The maximum atomic E-state index is 11.4. The van der Waals surface area contributed by atoms with E-state index in [1.54, 1.807) is 29.7 Å². The molecule has 0 aliphatic rings. The van der Waals surface area contributed by atoms with Gasteiger partial charge in [-0.3, -0.25) is 4.79 Å². The number of hydrogen-bond acceptors (Lipinski definition) is 5. The van der Waals surface area contributed by atoms with Gasteiger partial charge >= 0.3 is 0 Å². The summed E-state index contributed by atoms with van der Waals surface area (Å²) >= 11 is 1.62. The molecule has 0 saturated heterocycles. The van der Waals surface area contributed by atoms with Gasteiger partial charge in [-0.1, -0.05) is 0 Å². The van der Waals surface area contributed by atoms with Crippen LogP contribution in [0.4, 0.5) is 0 Å². The SMILES string of the molecule is CC(=O)c1cccnc1OCCc1scnc1C. The number of aryl methyl sites for hydroxylation is 1. The number of ether oxygens (including phenoxy) is 1. The number of carbonyl (C=O) groups is 1. The number of hydrogen-bond donors (Lipinski definition) is 0. The van der Waals surface area contributed by atoms with Crippen LogP contribution in [0.5, 0.6) is 5.88 Å². The van der Waals surface area contributed by atoms with Crippen LogP contribution in [-0.4, -0.2) is 22.4 Å². The number of Topliss-reactive ketones (excluding diaryl/α,β-unsaturated/α-hetero) is 1. The van der Waals surface area contributed by atoms with E-state index >= 15 is 0 Å². The highest BCUT2D eigenvalue weighted by Gasteiger charge is 2.09. The lowest BCUT2D eigenvalue weighted by Gasteiger charge is -2.07. The zero-order valence-corrected chi connectivity index (χ0v) is 11.2. The van der Waals surface area contributed by atoms with Crippen LogP contribution < -0.4 is 4.74 Å². The van der Waals surface area contributed by atoms with Crippen molar-refractivity contribution in [2.75, 3.05) is 6.61 Å². The van der Waals surface area contributed by atoms with Gasteiger partial charge in [-0.25, -0.2) is 9.97 Å². The van der Waals surface area contributed by atoms with Gasteiger partial charge in [0, 0.05) is 17.5 Å². The number of nitrogens with zero attached hydrogens (tertiary/aromatic N) is 2. The van der Waals surface area contributed by atoms with Crippen molar-refractivity contribution in [2.24, 2.45) is 0 Å². The summed E-state index contributed by atoms with van der Waals surface area (Å²) in [4.78, 5) is 20.9. The van der Waals surface area contributed by atoms with E-state index in [2.05, 4.69) is 9.97 Å². The van der Waals surface area contributed by atoms with Gasteiger partial charge < -0.3 is 4.74 Å². The van der Waals surface area contributed by atoms with Gasteiger partial charge in [-0.15, -0.1) is 11.3 Å². The molecule has 2 rings (SSSR count). The van der Waals surface area contributed by atoms with E-state index in [9.17, 15) is 4.79 Å². The molecule has 0 fully saturated rings. The van der Waals surface area contributed by atoms with Crippen LogP contribution in [0.25, 0.3) is 0 Å². The Morgan fingerprint density at radius 2 is 2.28 bits per heavy atom. The molecule has 5 heteroatoms. The van der Waals surface area contributed by atoms with Crippen LogP contribution in [0.15, 0.2) is 23.8 Å². The Hall–Kier alpha value is -1.75. The fourth-order valence-electron chi connectivity index (χ4n) is 1.58. The predicted molar refractivity (Wildman–Crippen MR) is 70.3 cm³/mol. The van der Waals surface area contributed by atoms with Crippen molar-refractivity contribution in [3.63, 3.8) is 0 Å². The van der Waals surface area contributed by atoms with Crippen molar-refractivity contribution in [3.05, 3.63) is 40.0 Å². The largest absolute Gasteiger partial charge is 0.477 e. The van der Waals surface area contributed by atoms with Gasteiger partial charge in [0.1, 0.15) is 0 Å². The molecular weight excluding hydrogens is 248 g/mol. The van der Waals surface area contributed by atoms with Crippen molar-refractivity contribution >= 4 is 17.1 Å². The summed E-state index contributed by atoms with van der Waals surface area (Å²) in [6.07, 6.45) is 2.41. The molecule has 4 nitrogen and oxygen atoms in total. The molecule has 18 heavy (non-hydrogen) atoms. The number of pyridine rings is 1. The van der Waals surface area contributed by atoms with E-state index < -0.39 is 0 Å². The Kier molecular flexibility index (Phi) is 4.04. The summed E-state index contributed by atoms with van der Waals surface area (Å²) in [7, 11) is 0. The molecule has 0 aliphatic heterocycles. The first kappa shape index (κ1) is 12.7. The predicted octanol–water partition coefficient (Wildman–Crippen LogP) is 2.67. The molecule has 0 saturated carbocycles. The molecule has 0 aliphatic carbocycles. The highest BCUT2D eigenvalue weighted by Crippen LogP contribution is 2.17. The first-order valence-electron chi connectivity index (χ1n) is 5.66. The molecule has 0 amide bonds. The minimum atomic E-state index is -0.0351. The van der Waals surface area contributed by atoms with Gasteiger partial charge in [0.25, 0.3) is 0 Å². The highest BCUT2D eigenvalue weighted by atomic mass is 32.1. The van der Waals surface area contributed by atoms with Gasteiger partial charge in [0.15, 0.2) is 5.78 Å².